The Kier molecular flexibility index (Phi) is 2.85. The van der Waals surface area contributed by atoms with Gasteiger partial charge in [-0.3, -0.25) is 9.59 Å². The highest BCUT2D eigenvalue weighted by molar-refractivity contribution is 6.05. The van der Waals surface area contributed by atoms with E-state index >= 15 is 0 Å². The van der Waals surface area contributed by atoms with Crippen LogP contribution in [0.4, 0.5) is 0 Å². The SMILES string of the molecule is C=CC(=O)C(C)C(C)=O. The molecule has 0 bridgehead atoms. The van der Waals surface area contributed by atoms with Crippen molar-refractivity contribution in [3.63, 3.8) is 0 Å². The number of rotatable bonds is 3. The van der Waals surface area contributed by atoms with Gasteiger partial charge in [0.25, 0.3) is 0 Å². The number of carbonyl (C=O) groups excluding carboxylic acids is 2. The van der Waals surface area contributed by atoms with Gasteiger partial charge in [-0.2, -0.15) is 0 Å². The molecule has 0 heterocycles. The third-order valence-corrected chi connectivity index (χ3v) is 1.24. The van der Waals surface area contributed by atoms with Crippen molar-refractivity contribution in [2.45, 2.75) is 13.8 Å². The molecule has 0 radical (unpaired) electrons. The molecule has 0 aliphatic heterocycles. The predicted octanol–water partition coefficient (Wildman–Crippen LogP) is 0.967. The molecule has 0 aromatic carbocycles. The zero-order valence-electron chi connectivity index (χ0n) is 5.68. The van der Waals surface area contributed by atoms with Gasteiger partial charge in [0.2, 0.25) is 0 Å². The van der Waals surface area contributed by atoms with Crippen LogP contribution >= 0.6 is 0 Å². The normalized spacial score (nSPS) is 12.2. The monoisotopic (exact) mass is 126 g/mol. The Balaban J connectivity index is 4.03. The van der Waals surface area contributed by atoms with E-state index in [9.17, 15) is 9.59 Å². The van der Waals surface area contributed by atoms with E-state index in [1.807, 2.05) is 0 Å². The standard InChI is InChI=1S/C7H10O2/c1-4-7(9)5(2)6(3)8/h4-5H,1H2,2-3H3. The lowest BCUT2D eigenvalue weighted by atomic mass is 10.0. The molecule has 2 nitrogen and oxygen atoms in total. The Morgan fingerprint density at radius 3 is 2.11 bits per heavy atom. The van der Waals surface area contributed by atoms with Crippen molar-refractivity contribution in [3.8, 4) is 0 Å². The smallest absolute Gasteiger partial charge is 0.165 e. The van der Waals surface area contributed by atoms with E-state index in [0.29, 0.717) is 0 Å². The summed E-state index contributed by atoms with van der Waals surface area (Å²) in [5.41, 5.74) is 0. The van der Waals surface area contributed by atoms with Crippen LogP contribution in [0, 0.1) is 5.92 Å². The Labute approximate surface area is 54.6 Å². The van der Waals surface area contributed by atoms with Crippen molar-refractivity contribution in [1.29, 1.82) is 0 Å². The van der Waals surface area contributed by atoms with Gasteiger partial charge in [0.05, 0.1) is 5.92 Å². The molecule has 0 saturated heterocycles. The molecule has 1 atom stereocenters. The molecule has 0 aliphatic carbocycles. The van der Waals surface area contributed by atoms with Crippen molar-refractivity contribution in [2.24, 2.45) is 5.92 Å². The molecule has 0 saturated carbocycles. The second kappa shape index (κ2) is 3.17. The minimum atomic E-state index is -0.512. The predicted molar refractivity (Wildman–Crippen MR) is 35.0 cm³/mol. The quantitative estimate of drug-likeness (QED) is 0.417. The molecule has 9 heavy (non-hydrogen) atoms. The van der Waals surface area contributed by atoms with Crippen LogP contribution in [0.15, 0.2) is 12.7 Å². The zero-order chi connectivity index (χ0) is 7.44. The maximum absolute atomic E-state index is 10.6. The topological polar surface area (TPSA) is 34.1 Å². The van der Waals surface area contributed by atoms with Crippen LogP contribution in [0.5, 0.6) is 0 Å². The largest absolute Gasteiger partial charge is 0.299 e. The summed E-state index contributed by atoms with van der Waals surface area (Å²) in [7, 11) is 0. The minimum Gasteiger partial charge on any atom is -0.299 e. The van der Waals surface area contributed by atoms with Gasteiger partial charge in [0.15, 0.2) is 5.78 Å². The first-order valence-corrected chi connectivity index (χ1v) is 2.76. The molecule has 50 valence electrons. The molecule has 0 aromatic heterocycles. The first-order valence-electron chi connectivity index (χ1n) is 2.76. The van der Waals surface area contributed by atoms with Crippen LogP contribution in [0.2, 0.25) is 0 Å². The number of hydrogen-bond donors (Lipinski definition) is 0. The van der Waals surface area contributed by atoms with Crippen LogP contribution in [0.25, 0.3) is 0 Å². The molecule has 1 unspecified atom stereocenters. The maximum atomic E-state index is 10.6. The van der Waals surface area contributed by atoms with Gasteiger partial charge in [-0.05, 0) is 19.9 Å². The summed E-state index contributed by atoms with van der Waals surface area (Å²) in [5.74, 6) is -0.829. The van der Waals surface area contributed by atoms with Crippen molar-refractivity contribution in [3.05, 3.63) is 12.7 Å². The van der Waals surface area contributed by atoms with Crippen LogP contribution in [-0.4, -0.2) is 11.6 Å². The highest BCUT2D eigenvalue weighted by atomic mass is 16.1. The van der Waals surface area contributed by atoms with Crippen molar-refractivity contribution >= 4 is 11.6 Å². The fourth-order valence-corrected chi connectivity index (χ4v) is 0.377. The molecular weight excluding hydrogens is 116 g/mol. The van der Waals surface area contributed by atoms with Crippen LogP contribution < -0.4 is 0 Å². The number of carbonyl (C=O) groups is 2. The van der Waals surface area contributed by atoms with E-state index in [1.54, 1.807) is 6.92 Å². The average molecular weight is 126 g/mol. The van der Waals surface area contributed by atoms with E-state index in [2.05, 4.69) is 6.58 Å². The first-order chi connectivity index (χ1) is 4.09. The first kappa shape index (κ1) is 8.08. The highest BCUT2D eigenvalue weighted by Crippen LogP contribution is 1.97. The van der Waals surface area contributed by atoms with Crippen LogP contribution in [0.1, 0.15) is 13.8 Å². The number of hydrogen-bond acceptors (Lipinski definition) is 2. The molecular formula is C7H10O2. The number of allylic oxidation sites excluding steroid dienone is 1. The van der Waals surface area contributed by atoms with Crippen LogP contribution in [0.3, 0.4) is 0 Å². The van der Waals surface area contributed by atoms with E-state index in [4.69, 9.17) is 0 Å². The van der Waals surface area contributed by atoms with Gasteiger partial charge in [0, 0.05) is 0 Å². The Morgan fingerprint density at radius 1 is 1.56 bits per heavy atom. The lowest BCUT2D eigenvalue weighted by molar-refractivity contribution is -0.128. The van der Waals surface area contributed by atoms with Gasteiger partial charge < -0.3 is 0 Å². The molecule has 0 amide bonds. The second-order valence-corrected chi connectivity index (χ2v) is 1.94. The molecule has 0 spiro atoms. The lowest BCUT2D eigenvalue weighted by Gasteiger charge is -1.98. The van der Waals surface area contributed by atoms with E-state index in [0.717, 1.165) is 0 Å². The van der Waals surface area contributed by atoms with E-state index < -0.39 is 5.92 Å². The summed E-state index contributed by atoms with van der Waals surface area (Å²) in [6.45, 7) is 6.23. The average Bonchev–Trinajstić information content (AvgIpc) is 1.84. The third kappa shape index (κ3) is 2.22. The summed E-state index contributed by atoms with van der Waals surface area (Å²) in [4.78, 5) is 21.1. The fraction of sp³-hybridized carbons (Fsp3) is 0.429. The summed E-state index contributed by atoms with van der Waals surface area (Å²) in [5, 5.41) is 0. The maximum Gasteiger partial charge on any atom is 0.165 e. The molecule has 0 aliphatic rings. The summed E-state index contributed by atoms with van der Waals surface area (Å²) < 4.78 is 0. The summed E-state index contributed by atoms with van der Waals surface area (Å²) in [6.07, 6.45) is 1.17. The third-order valence-electron chi connectivity index (χ3n) is 1.24. The lowest BCUT2D eigenvalue weighted by Crippen LogP contribution is -2.15. The zero-order valence-corrected chi connectivity index (χ0v) is 5.68. The number of ketones is 2. The Morgan fingerprint density at radius 2 is 2.00 bits per heavy atom. The van der Waals surface area contributed by atoms with Crippen molar-refractivity contribution in [1.82, 2.24) is 0 Å². The van der Waals surface area contributed by atoms with Gasteiger partial charge in [0.1, 0.15) is 5.78 Å². The van der Waals surface area contributed by atoms with E-state index in [-0.39, 0.29) is 11.6 Å². The van der Waals surface area contributed by atoms with Crippen molar-refractivity contribution in [2.75, 3.05) is 0 Å². The minimum absolute atomic E-state index is 0.111. The summed E-state index contributed by atoms with van der Waals surface area (Å²) >= 11 is 0. The van der Waals surface area contributed by atoms with E-state index in [1.165, 1.54) is 13.0 Å². The molecule has 0 aromatic rings. The Hall–Kier alpha value is -0.920. The number of Topliss-reactive ketones (excluding diaryl/α,β-unsaturated/α-hetero) is 1. The highest BCUT2D eigenvalue weighted by Gasteiger charge is 2.12. The van der Waals surface area contributed by atoms with Gasteiger partial charge >= 0.3 is 0 Å². The summed E-state index contributed by atoms with van der Waals surface area (Å²) in [6, 6.07) is 0. The molecule has 2 heteroatoms. The van der Waals surface area contributed by atoms with Crippen LogP contribution in [-0.2, 0) is 9.59 Å². The molecule has 0 rings (SSSR count). The van der Waals surface area contributed by atoms with Gasteiger partial charge in [-0.1, -0.05) is 6.58 Å². The Bertz CT molecular complexity index is 147. The van der Waals surface area contributed by atoms with Crippen molar-refractivity contribution < 1.29 is 9.59 Å². The second-order valence-electron chi connectivity index (χ2n) is 1.94. The van der Waals surface area contributed by atoms with Gasteiger partial charge in [-0.15, -0.1) is 0 Å². The van der Waals surface area contributed by atoms with Gasteiger partial charge in [-0.25, -0.2) is 0 Å². The molecule has 0 fully saturated rings. The fourth-order valence-electron chi connectivity index (χ4n) is 0.377. The molecule has 0 N–H and O–H groups in total.